The first-order valence-electron chi connectivity index (χ1n) is 15.8. The van der Waals surface area contributed by atoms with Crippen molar-refractivity contribution in [2.75, 3.05) is 0 Å². The fourth-order valence-electron chi connectivity index (χ4n) is 8.29. The van der Waals surface area contributed by atoms with E-state index in [2.05, 4.69) is 32.9 Å². The molecule has 3 aromatic rings. The Bertz CT molecular complexity index is 1370. The molecule has 3 aliphatic carbocycles. The summed E-state index contributed by atoms with van der Waals surface area (Å²) in [7, 11) is 0. The molecule has 43 heavy (non-hydrogen) atoms. The number of aliphatic hydroxyl groups is 1. The van der Waals surface area contributed by atoms with Gasteiger partial charge in [0.25, 0.3) is 0 Å². The predicted molar refractivity (Wildman–Crippen MR) is 163 cm³/mol. The van der Waals surface area contributed by atoms with Crippen LogP contribution in [0.15, 0.2) is 91.0 Å². The van der Waals surface area contributed by atoms with Gasteiger partial charge in [-0.15, -0.1) is 0 Å². The summed E-state index contributed by atoms with van der Waals surface area (Å²) in [6, 6.07) is 30.2. The summed E-state index contributed by atoms with van der Waals surface area (Å²) in [6.45, 7) is 8.13. The molecule has 1 saturated heterocycles. The molecule has 4 aliphatic rings. The molecule has 228 valence electrons. The lowest BCUT2D eigenvalue weighted by molar-refractivity contribution is -0.259. The first-order chi connectivity index (χ1) is 20.8. The second-order valence-electron chi connectivity index (χ2n) is 13.7. The van der Waals surface area contributed by atoms with Gasteiger partial charge < -0.3 is 28.8 Å². The van der Waals surface area contributed by atoms with E-state index < -0.39 is 42.4 Å². The Hall–Kier alpha value is -2.58. The monoisotopic (exact) mass is 584 g/mol. The molecule has 3 saturated carbocycles. The van der Waals surface area contributed by atoms with Crippen LogP contribution in [0.1, 0.15) is 56.7 Å². The lowest BCUT2D eigenvalue weighted by Crippen LogP contribution is -2.64. The van der Waals surface area contributed by atoms with Gasteiger partial charge in [-0.05, 0) is 40.9 Å². The third-order valence-electron chi connectivity index (χ3n) is 11.3. The van der Waals surface area contributed by atoms with Crippen LogP contribution >= 0.6 is 0 Å². The van der Waals surface area contributed by atoms with Crippen LogP contribution in [-0.4, -0.2) is 47.5 Å². The minimum Gasteiger partial charge on any atom is -0.387 e. The molecule has 2 bridgehead atoms. The molecule has 0 radical (unpaired) electrons. The highest BCUT2D eigenvalue weighted by atomic mass is 16.8. The van der Waals surface area contributed by atoms with Crippen LogP contribution in [0.4, 0.5) is 0 Å². The lowest BCUT2D eigenvalue weighted by Gasteiger charge is -2.45. The largest absolute Gasteiger partial charge is 0.387 e. The normalized spacial score (nSPS) is 37.5. The smallest absolute Gasteiger partial charge is 0.175 e. The van der Waals surface area contributed by atoms with E-state index in [1.807, 2.05) is 78.9 Å². The van der Waals surface area contributed by atoms with E-state index in [1.165, 1.54) is 6.42 Å². The van der Waals surface area contributed by atoms with Crippen molar-refractivity contribution in [3.8, 4) is 0 Å². The number of fused-ring (bicyclic) bond motifs is 4. The van der Waals surface area contributed by atoms with E-state index in [-0.39, 0.29) is 10.8 Å². The third-order valence-corrected chi connectivity index (χ3v) is 11.3. The zero-order valence-electron chi connectivity index (χ0n) is 25.4. The molecule has 4 fully saturated rings. The Kier molecular flexibility index (Phi) is 7.73. The minimum atomic E-state index is -0.979. The Labute approximate surface area is 255 Å². The fraction of sp³-hybridized carbons (Fsp3) is 0.514. The van der Waals surface area contributed by atoms with Crippen LogP contribution in [0.3, 0.4) is 0 Å². The molecule has 0 unspecified atom stereocenters. The van der Waals surface area contributed by atoms with E-state index in [1.54, 1.807) is 0 Å². The second-order valence-corrected chi connectivity index (χ2v) is 13.7. The average Bonchev–Trinajstić information content (AvgIpc) is 3.57. The molecule has 9 atom stereocenters. The van der Waals surface area contributed by atoms with Gasteiger partial charge in [-0.1, -0.05) is 112 Å². The maximum absolute atomic E-state index is 12.1. The van der Waals surface area contributed by atoms with Gasteiger partial charge in [0.15, 0.2) is 5.79 Å². The van der Waals surface area contributed by atoms with E-state index in [4.69, 9.17) is 23.7 Å². The van der Waals surface area contributed by atoms with Crippen molar-refractivity contribution < 1.29 is 28.8 Å². The maximum atomic E-state index is 12.1. The van der Waals surface area contributed by atoms with Crippen LogP contribution in [0.5, 0.6) is 0 Å². The zero-order chi connectivity index (χ0) is 29.7. The molecular formula is C37H44O6. The highest BCUT2D eigenvalue weighted by Crippen LogP contribution is 2.73. The number of ether oxygens (including phenoxy) is 5. The Morgan fingerprint density at radius 2 is 1.09 bits per heavy atom. The number of rotatable bonds is 9. The predicted octanol–water partition coefficient (Wildman–Crippen LogP) is 6.44. The summed E-state index contributed by atoms with van der Waals surface area (Å²) in [5, 5.41) is 12.1. The summed E-state index contributed by atoms with van der Waals surface area (Å²) in [5.41, 5.74) is 3.03. The Morgan fingerprint density at radius 1 is 0.651 bits per heavy atom. The topological polar surface area (TPSA) is 66.4 Å². The number of benzene rings is 3. The van der Waals surface area contributed by atoms with E-state index in [0.29, 0.717) is 25.7 Å². The average molecular weight is 585 g/mol. The van der Waals surface area contributed by atoms with Gasteiger partial charge in [0.05, 0.1) is 19.8 Å². The highest BCUT2D eigenvalue weighted by molar-refractivity contribution is 5.21. The van der Waals surface area contributed by atoms with Gasteiger partial charge in [-0.3, -0.25) is 0 Å². The standard InChI is InChI=1S/C37H44O6/c1-35(2)28-19-20-36(35,3)37(21-28)42-33-31(40-23-26-15-9-5-10-16-26)29(38)30(39-22-25-13-7-4-8-14-25)32(34(33)43-37)41-24-27-17-11-6-12-18-27/h4-18,28-34,38H,19-24H2,1-3H3/t28-,29-,30-,31-,32+,33-,34-,36-,37+/m1/s1. The van der Waals surface area contributed by atoms with Crippen LogP contribution in [0.2, 0.25) is 0 Å². The first kappa shape index (κ1) is 29.1. The molecule has 3 aromatic carbocycles. The van der Waals surface area contributed by atoms with Gasteiger partial charge in [-0.25, -0.2) is 0 Å². The summed E-state index contributed by atoms with van der Waals surface area (Å²) in [4.78, 5) is 0. The molecule has 6 heteroatoms. The van der Waals surface area contributed by atoms with Crippen LogP contribution in [0.25, 0.3) is 0 Å². The zero-order valence-corrected chi connectivity index (χ0v) is 25.4. The maximum Gasteiger partial charge on any atom is 0.175 e. The quantitative estimate of drug-likeness (QED) is 0.312. The van der Waals surface area contributed by atoms with Gasteiger partial charge in [0, 0.05) is 11.8 Å². The Morgan fingerprint density at radius 3 is 1.53 bits per heavy atom. The van der Waals surface area contributed by atoms with E-state index in [9.17, 15) is 5.11 Å². The van der Waals surface area contributed by atoms with E-state index >= 15 is 0 Å². The summed E-state index contributed by atoms with van der Waals surface area (Å²) in [6.07, 6.45) is -0.739. The fourth-order valence-corrected chi connectivity index (χ4v) is 8.29. The molecule has 1 heterocycles. The van der Waals surface area contributed by atoms with Crippen molar-refractivity contribution >= 4 is 0 Å². The van der Waals surface area contributed by atoms with Crippen LogP contribution in [0, 0.1) is 16.7 Å². The van der Waals surface area contributed by atoms with Crippen molar-refractivity contribution in [1.29, 1.82) is 0 Å². The highest BCUT2D eigenvalue weighted by Gasteiger charge is 2.76. The molecule has 0 amide bonds. The molecule has 1 N–H and O–H groups in total. The summed E-state index contributed by atoms with van der Waals surface area (Å²) < 4.78 is 34.1. The van der Waals surface area contributed by atoms with Crippen molar-refractivity contribution in [3.63, 3.8) is 0 Å². The molecule has 7 rings (SSSR count). The lowest BCUT2D eigenvalue weighted by atomic mass is 9.68. The molecular weight excluding hydrogens is 540 g/mol. The third kappa shape index (κ3) is 4.97. The summed E-state index contributed by atoms with van der Waals surface area (Å²) >= 11 is 0. The van der Waals surface area contributed by atoms with Gasteiger partial charge in [0.2, 0.25) is 0 Å². The van der Waals surface area contributed by atoms with E-state index in [0.717, 1.165) is 29.5 Å². The summed E-state index contributed by atoms with van der Waals surface area (Å²) in [5.74, 6) is -0.244. The first-order valence-corrected chi connectivity index (χ1v) is 15.8. The number of hydrogen-bond acceptors (Lipinski definition) is 6. The SMILES string of the molecule is CC1(C)[C@@H]2CC[C@@]1(C)[C@]1(C2)O[C@@H]2[C@@H](OCc3ccccc3)[C@H](OCc3ccccc3)[C@@H](O)[C@@H](OCc3ccccc3)[C@H]2O1. The van der Waals surface area contributed by atoms with Crippen molar-refractivity contribution in [3.05, 3.63) is 108 Å². The van der Waals surface area contributed by atoms with Gasteiger partial charge in [-0.2, -0.15) is 0 Å². The van der Waals surface area contributed by atoms with Gasteiger partial charge >= 0.3 is 0 Å². The van der Waals surface area contributed by atoms with Crippen molar-refractivity contribution in [1.82, 2.24) is 0 Å². The Balaban J connectivity index is 1.23. The van der Waals surface area contributed by atoms with Gasteiger partial charge in [0.1, 0.15) is 36.6 Å². The van der Waals surface area contributed by atoms with Crippen molar-refractivity contribution in [2.24, 2.45) is 16.7 Å². The van der Waals surface area contributed by atoms with Crippen LogP contribution in [-0.2, 0) is 43.5 Å². The van der Waals surface area contributed by atoms with Crippen molar-refractivity contribution in [2.45, 2.75) is 102 Å². The molecule has 0 aromatic heterocycles. The number of aliphatic hydroxyl groups excluding tert-OH is 1. The molecule has 1 aliphatic heterocycles. The number of hydrogen-bond donors (Lipinski definition) is 1. The van der Waals surface area contributed by atoms with Crippen LogP contribution < -0.4 is 0 Å². The second kappa shape index (κ2) is 11.4. The molecule has 1 spiro atoms. The molecule has 6 nitrogen and oxygen atoms in total. The minimum absolute atomic E-state index is 0.0725.